The summed E-state index contributed by atoms with van der Waals surface area (Å²) < 4.78 is 16.4. The third kappa shape index (κ3) is 6.35. The normalized spacial score (nSPS) is 12.4. The van der Waals surface area contributed by atoms with Crippen LogP contribution in [0.25, 0.3) is 0 Å². The fraction of sp³-hybridized carbons (Fsp3) is 0.538. The molecule has 1 atom stereocenters. The van der Waals surface area contributed by atoms with Gasteiger partial charge in [-0.15, -0.1) is 0 Å². The highest BCUT2D eigenvalue weighted by Gasteiger charge is 2.08. The van der Waals surface area contributed by atoms with Crippen LogP contribution < -0.4 is 10.5 Å². The Hall–Kier alpha value is -0.660. The molecule has 5 nitrogen and oxygen atoms in total. The van der Waals surface area contributed by atoms with Crippen LogP contribution in [0.3, 0.4) is 0 Å². The molecule has 0 aliphatic carbocycles. The lowest BCUT2D eigenvalue weighted by molar-refractivity contribution is -0.00429. The second-order valence-electron chi connectivity index (χ2n) is 4.00. The zero-order valence-corrected chi connectivity index (χ0v) is 12.6. The molecule has 0 aromatic heterocycles. The summed E-state index contributed by atoms with van der Waals surface area (Å²) in [7, 11) is 1.60. The van der Waals surface area contributed by atoms with Gasteiger partial charge in [-0.05, 0) is 33.6 Å². The Labute approximate surface area is 121 Å². The van der Waals surface area contributed by atoms with Crippen molar-refractivity contribution in [3.63, 3.8) is 0 Å². The van der Waals surface area contributed by atoms with Crippen molar-refractivity contribution in [2.45, 2.75) is 12.6 Å². The van der Waals surface area contributed by atoms with Crippen molar-refractivity contribution in [2.75, 3.05) is 33.5 Å². The van der Waals surface area contributed by atoms with E-state index in [1.54, 1.807) is 7.11 Å². The molecule has 0 amide bonds. The molecule has 19 heavy (non-hydrogen) atoms. The monoisotopic (exact) mass is 333 g/mol. The van der Waals surface area contributed by atoms with Crippen LogP contribution in [0.15, 0.2) is 22.7 Å². The lowest BCUT2D eigenvalue weighted by Crippen LogP contribution is -2.24. The summed E-state index contributed by atoms with van der Waals surface area (Å²) in [4.78, 5) is 0. The van der Waals surface area contributed by atoms with Gasteiger partial charge >= 0.3 is 0 Å². The summed E-state index contributed by atoms with van der Waals surface area (Å²) in [6, 6.07) is 5.61. The van der Waals surface area contributed by atoms with E-state index in [4.69, 9.17) is 19.9 Å². The Kier molecular flexibility index (Phi) is 8.00. The minimum atomic E-state index is -0.669. The summed E-state index contributed by atoms with van der Waals surface area (Å²) in [5.41, 5.74) is 6.56. The van der Waals surface area contributed by atoms with Crippen molar-refractivity contribution < 1.29 is 19.3 Å². The smallest absolute Gasteiger partial charge is 0.133 e. The van der Waals surface area contributed by atoms with Gasteiger partial charge in [0, 0.05) is 13.7 Å². The first-order valence-corrected chi connectivity index (χ1v) is 6.82. The summed E-state index contributed by atoms with van der Waals surface area (Å²) in [6.07, 6.45) is -0.669. The number of methoxy groups -OCH3 is 1. The number of rotatable bonds is 9. The molecule has 3 N–H and O–H groups in total. The molecule has 0 radical (unpaired) electrons. The molecule has 0 fully saturated rings. The first-order valence-electron chi connectivity index (χ1n) is 6.03. The number of aliphatic hydroxyl groups is 1. The average molecular weight is 334 g/mol. The third-order valence-corrected chi connectivity index (χ3v) is 3.02. The summed E-state index contributed by atoms with van der Waals surface area (Å²) in [5.74, 6) is 0.674. The molecule has 0 heterocycles. The van der Waals surface area contributed by atoms with Gasteiger partial charge in [-0.2, -0.15) is 0 Å². The van der Waals surface area contributed by atoms with Crippen LogP contribution in [-0.4, -0.2) is 44.7 Å². The molecule has 0 saturated heterocycles. The van der Waals surface area contributed by atoms with Gasteiger partial charge in [-0.1, -0.05) is 6.07 Å². The van der Waals surface area contributed by atoms with E-state index in [-0.39, 0.29) is 13.2 Å². The van der Waals surface area contributed by atoms with E-state index in [0.29, 0.717) is 25.5 Å². The molecular weight excluding hydrogens is 314 g/mol. The highest BCUT2D eigenvalue weighted by Crippen LogP contribution is 2.25. The molecule has 6 heteroatoms. The Balaban J connectivity index is 2.31. The standard InChI is InChI=1S/C13H20BrNO4/c1-17-4-5-18-8-11(16)9-19-13-3-2-10(7-15)6-12(13)14/h2-3,6,11,16H,4-5,7-9,15H2,1H3. The second-order valence-corrected chi connectivity index (χ2v) is 4.86. The van der Waals surface area contributed by atoms with E-state index in [1.165, 1.54) is 0 Å². The molecule has 0 spiro atoms. The molecule has 1 aromatic carbocycles. The fourth-order valence-corrected chi connectivity index (χ4v) is 1.92. The van der Waals surface area contributed by atoms with Crippen LogP contribution in [0.2, 0.25) is 0 Å². The van der Waals surface area contributed by atoms with E-state index >= 15 is 0 Å². The predicted octanol–water partition coefficient (Wildman–Crippen LogP) is 1.31. The number of hydrogen-bond donors (Lipinski definition) is 2. The number of benzene rings is 1. The largest absolute Gasteiger partial charge is 0.490 e. The van der Waals surface area contributed by atoms with Crippen molar-refractivity contribution in [3.8, 4) is 5.75 Å². The van der Waals surface area contributed by atoms with Gasteiger partial charge in [-0.25, -0.2) is 0 Å². The number of ether oxygens (including phenoxy) is 3. The van der Waals surface area contributed by atoms with Crippen molar-refractivity contribution in [3.05, 3.63) is 28.2 Å². The third-order valence-electron chi connectivity index (χ3n) is 2.41. The summed E-state index contributed by atoms with van der Waals surface area (Å²) in [5, 5.41) is 9.68. The van der Waals surface area contributed by atoms with Gasteiger partial charge in [0.15, 0.2) is 0 Å². The van der Waals surface area contributed by atoms with Crippen LogP contribution in [0.4, 0.5) is 0 Å². The van der Waals surface area contributed by atoms with Gasteiger partial charge in [0.2, 0.25) is 0 Å². The van der Waals surface area contributed by atoms with Crippen molar-refractivity contribution in [1.29, 1.82) is 0 Å². The second kappa shape index (κ2) is 9.28. The first-order chi connectivity index (χ1) is 9.17. The Bertz CT molecular complexity index is 376. The van der Waals surface area contributed by atoms with Crippen LogP contribution in [-0.2, 0) is 16.0 Å². The highest BCUT2D eigenvalue weighted by atomic mass is 79.9. The van der Waals surface area contributed by atoms with E-state index in [2.05, 4.69) is 15.9 Å². The van der Waals surface area contributed by atoms with E-state index in [1.807, 2.05) is 18.2 Å². The molecule has 1 rings (SSSR count). The molecule has 1 aromatic rings. The maximum Gasteiger partial charge on any atom is 0.133 e. The van der Waals surface area contributed by atoms with E-state index < -0.39 is 6.10 Å². The van der Waals surface area contributed by atoms with Gasteiger partial charge < -0.3 is 25.1 Å². The molecular formula is C13H20BrNO4. The molecule has 108 valence electrons. The number of nitrogens with two attached hydrogens (primary N) is 1. The highest BCUT2D eigenvalue weighted by molar-refractivity contribution is 9.10. The van der Waals surface area contributed by atoms with E-state index in [0.717, 1.165) is 10.0 Å². The number of halogens is 1. The van der Waals surface area contributed by atoms with Crippen molar-refractivity contribution in [2.24, 2.45) is 5.73 Å². The van der Waals surface area contributed by atoms with Crippen molar-refractivity contribution >= 4 is 15.9 Å². The molecule has 1 unspecified atom stereocenters. The molecule has 0 bridgehead atoms. The quantitative estimate of drug-likeness (QED) is 0.666. The first kappa shape index (κ1) is 16.4. The van der Waals surface area contributed by atoms with Crippen LogP contribution >= 0.6 is 15.9 Å². The lowest BCUT2D eigenvalue weighted by Gasteiger charge is -2.14. The minimum Gasteiger partial charge on any atom is -0.490 e. The average Bonchev–Trinajstić information content (AvgIpc) is 2.42. The lowest BCUT2D eigenvalue weighted by atomic mass is 10.2. The minimum absolute atomic E-state index is 0.174. The summed E-state index contributed by atoms with van der Waals surface area (Å²) in [6.45, 7) is 1.85. The van der Waals surface area contributed by atoms with Crippen molar-refractivity contribution in [1.82, 2.24) is 0 Å². The topological polar surface area (TPSA) is 73.9 Å². The Morgan fingerprint density at radius 3 is 2.74 bits per heavy atom. The van der Waals surface area contributed by atoms with Gasteiger partial charge in [-0.3, -0.25) is 0 Å². The summed E-state index contributed by atoms with van der Waals surface area (Å²) >= 11 is 3.40. The van der Waals surface area contributed by atoms with Crippen LogP contribution in [0, 0.1) is 0 Å². The van der Waals surface area contributed by atoms with Gasteiger partial charge in [0.05, 0.1) is 24.3 Å². The van der Waals surface area contributed by atoms with Crippen LogP contribution in [0.5, 0.6) is 5.75 Å². The van der Waals surface area contributed by atoms with Gasteiger partial charge in [0.25, 0.3) is 0 Å². The van der Waals surface area contributed by atoms with Gasteiger partial charge in [0.1, 0.15) is 18.5 Å². The predicted molar refractivity (Wildman–Crippen MR) is 76.2 cm³/mol. The maximum absolute atomic E-state index is 9.68. The van der Waals surface area contributed by atoms with E-state index in [9.17, 15) is 5.11 Å². The van der Waals surface area contributed by atoms with Crippen LogP contribution in [0.1, 0.15) is 5.56 Å². The number of aliphatic hydroxyl groups excluding tert-OH is 1. The Morgan fingerprint density at radius 1 is 1.32 bits per heavy atom. The fourth-order valence-electron chi connectivity index (χ4n) is 1.38. The maximum atomic E-state index is 9.68. The molecule has 0 aliphatic rings. The SMILES string of the molecule is COCCOCC(O)COc1ccc(CN)cc1Br. The zero-order chi connectivity index (χ0) is 14.1. The zero-order valence-electron chi connectivity index (χ0n) is 11.0. The Morgan fingerprint density at radius 2 is 2.11 bits per heavy atom. The molecule has 0 aliphatic heterocycles. The number of hydrogen-bond acceptors (Lipinski definition) is 5. The molecule has 0 saturated carbocycles.